The van der Waals surface area contributed by atoms with Gasteiger partial charge in [-0.25, -0.2) is 18.7 Å². The van der Waals surface area contributed by atoms with Crippen LogP contribution in [0.3, 0.4) is 0 Å². The van der Waals surface area contributed by atoms with Gasteiger partial charge in [0.25, 0.3) is 0 Å². The van der Waals surface area contributed by atoms with E-state index >= 15 is 0 Å². The standard InChI is InChI=1S/C19H20ClF2N7O/c1-10(30)29-5-3-4-12(9-29)24-18-23-8-15-17(27-18)28(2)19(25-15)26-16-13(20)6-11(21)7-14(16)22/h6-8,12H,3-5,9H2,1-2H3,(H,25,26)(H,23,24,27)/t12-/m1/s1. The van der Waals surface area contributed by atoms with Gasteiger partial charge >= 0.3 is 0 Å². The molecule has 1 aliphatic rings. The lowest BCUT2D eigenvalue weighted by atomic mass is 10.1. The Morgan fingerprint density at radius 1 is 1.30 bits per heavy atom. The summed E-state index contributed by atoms with van der Waals surface area (Å²) in [6.07, 6.45) is 3.37. The summed E-state index contributed by atoms with van der Waals surface area (Å²) in [5.41, 5.74) is 0.945. The Hall–Kier alpha value is -3.01. The second-order valence-electron chi connectivity index (χ2n) is 7.21. The van der Waals surface area contributed by atoms with Crippen molar-refractivity contribution in [1.29, 1.82) is 0 Å². The fourth-order valence-electron chi connectivity index (χ4n) is 3.50. The van der Waals surface area contributed by atoms with E-state index in [1.54, 1.807) is 29.6 Å². The summed E-state index contributed by atoms with van der Waals surface area (Å²) in [7, 11) is 1.71. The molecule has 3 aromatic rings. The van der Waals surface area contributed by atoms with Crippen molar-refractivity contribution in [2.75, 3.05) is 23.7 Å². The zero-order valence-electron chi connectivity index (χ0n) is 16.4. The Labute approximate surface area is 176 Å². The van der Waals surface area contributed by atoms with Crippen molar-refractivity contribution in [3.8, 4) is 0 Å². The molecule has 0 spiro atoms. The first kappa shape index (κ1) is 20.3. The van der Waals surface area contributed by atoms with Gasteiger partial charge in [0.1, 0.15) is 11.3 Å². The van der Waals surface area contributed by atoms with E-state index < -0.39 is 11.6 Å². The van der Waals surface area contributed by atoms with E-state index in [2.05, 4.69) is 25.6 Å². The average Bonchev–Trinajstić information content (AvgIpc) is 3.00. The summed E-state index contributed by atoms with van der Waals surface area (Å²) in [5, 5.41) is 5.96. The second-order valence-corrected chi connectivity index (χ2v) is 7.62. The summed E-state index contributed by atoms with van der Waals surface area (Å²) in [6, 6.07) is 1.82. The number of imidazole rings is 1. The van der Waals surface area contributed by atoms with E-state index in [9.17, 15) is 13.6 Å². The van der Waals surface area contributed by atoms with Crippen LogP contribution in [0, 0.1) is 11.6 Å². The number of piperidine rings is 1. The van der Waals surface area contributed by atoms with Gasteiger partial charge in [0.05, 0.1) is 16.9 Å². The third kappa shape index (κ3) is 4.00. The molecule has 11 heteroatoms. The van der Waals surface area contributed by atoms with Gasteiger partial charge in [0, 0.05) is 39.2 Å². The number of hydrogen-bond donors (Lipinski definition) is 2. The van der Waals surface area contributed by atoms with Crippen molar-refractivity contribution in [1.82, 2.24) is 24.4 Å². The molecule has 0 unspecified atom stereocenters. The van der Waals surface area contributed by atoms with Crippen LogP contribution in [0.25, 0.3) is 11.2 Å². The summed E-state index contributed by atoms with van der Waals surface area (Å²) in [6.45, 7) is 2.91. The Morgan fingerprint density at radius 3 is 2.83 bits per heavy atom. The second kappa shape index (κ2) is 8.02. The molecule has 1 fully saturated rings. The van der Waals surface area contributed by atoms with Gasteiger partial charge in [0.15, 0.2) is 11.5 Å². The Kier molecular flexibility index (Phi) is 5.42. The highest BCUT2D eigenvalue weighted by molar-refractivity contribution is 6.33. The quantitative estimate of drug-likeness (QED) is 0.652. The predicted octanol–water partition coefficient (Wildman–Crippen LogP) is 3.46. The Morgan fingerprint density at radius 2 is 2.10 bits per heavy atom. The maximum Gasteiger partial charge on any atom is 0.225 e. The highest BCUT2D eigenvalue weighted by Gasteiger charge is 2.22. The van der Waals surface area contributed by atoms with Crippen molar-refractivity contribution in [3.63, 3.8) is 0 Å². The first-order valence-electron chi connectivity index (χ1n) is 9.45. The summed E-state index contributed by atoms with van der Waals surface area (Å²) >= 11 is 5.96. The third-order valence-corrected chi connectivity index (χ3v) is 5.35. The first-order valence-corrected chi connectivity index (χ1v) is 9.82. The molecule has 8 nitrogen and oxygen atoms in total. The molecule has 0 saturated carbocycles. The van der Waals surface area contributed by atoms with Gasteiger partial charge in [-0.2, -0.15) is 4.98 Å². The van der Waals surface area contributed by atoms with Crippen LogP contribution < -0.4 is 10.6 Å². The number of halogens is 3. The van der Waals surface area contributed by atoms with E-state index in [0.29, 0.717) is 23.7 Å². The smallest absolute Gasteiger partial charge is 0.225 e. The number of amides is 1. The van der Waals surface area contributed by atoms with E-state index in [4.69, 9.17) is 11.6 Å². The van der Waals surface area contributed by atoms with E-state index in [-0.39, 0.29) is 28.6 Å². The minimum absolute atomic E-state index is 0.0481. The topological polar surface area (TPSA) is 88.0 Å². The average molecular weight is 436 g/mol. The number of fused-ring (bicyclic) bond motifs is 1. The highest BCUT2D eigenvalue weighted by atomic mass is 35.5. The van der Waals surface area contributed by atoms with Gasteiger partial charge in [-0.15, -0.1) is 0 Å². The number of aryl methyl sites for hydroxylation is 1. The molecule has 1 saturated heterocycles. The van der Waals surface area contributed by atoms with Gasteiger partial charge < -0.3 is 15.5 Å². The molecular weight excluding hydrogens is 416 g/mol. The summed E-state index contributed by atoms with van der Waals surface area (Å²) < 4.78 is 29.0. The molecule has 0 radical (unpaired) electrons. The largest absolute Gasteiger partial charge is 0.350 e. The molecule has 0 bridgehead atoms. The number of benzene rings is 1. The molecule has 30 heavy (non-hydrogen) atoms. The molecule has 3 heterocycles. The van der Waals surface area contributed by atoms with Gasteiger partial charge in [0.2, 0.25) is 17.8 Å². The van der Waals surface area contributed by atoms with Crippen molar-refractivity contribution in [2.24, 2.45) is 7.05 Å². The minimum atomic E-state index is -0.826. The van der Waals surface area contributed by atoms with Crippen molar-refractivity contribution >= 4 is 46.3 Å². The Bertz CT molecular complexity index is 1100. The van der Waals surface area contributed by atoms with Crippen molar-refractivity contribution < 1.29 is 13.6 Å². The number of nitrogens with zero attached hydrogens (tertiary/aromatic N) is 5. The van der Waals surface area contributed by atoms with E-state index in [1.807, 2.05) is 0 Å². The SMILES string of the molecule is CC(=O)N1CCC[C@@H](Nc2ncc3nc(Nc4c(F)cc(F)cc4Cl)n(C)c3n2)C1. The first-order chi connectivity index (χ1) is 14.3. The van der Waals surface area contributed by atoms with Gasteiger partial charge in [-0.1, -0.05) is 11.6 Å². The highest BCUT2D eigenvalue weighted by Crippen LogP contribution is 2.30. The lowest BCUT2D eigenvalue weighted by Crippen LogP contribution is -2.44. The molecule has 1 aliphatic heterocycles. The van der Waals surface area contributed by atoms with Gasteiger partial charge in [-0.3, -0.25) is 9.36 Å². The molecule has 1 amide bonds. The van der Waals surface area contributed by atoms with Crippen LogP contribution in [0.5, 0.6) is 0 Å². The molecule has 2 aromatic heterocycles. The maximum absolute atomic E-state index is 14.1. The number of rotatable bonds is 4. The number of carbonyl (C=O) groups is 1. The van der Waals surface area contributed by atoms with Crippen LogP contribution >= 0.6 is 11.6 Å². The van der Waals surface area contributed by atoms with Crippen LogP contribution in [-0.4, -0.2) is 49.5 Å². The van der Waals surface area contributed by atoms with Crippen LogP contribution in [0.2, 0.25) is 5.02 Å². The molecule has 1 atom stereocenters. The number of nitrogens with one attached hydrogen (secondary N) is 2. The number of carbonyl (C=O) groups excluding carboxylic acids is 1. The molecular formula is C19H20ClF2N7O. The van der Waals surface area contributed by atoms with Crippen molar-refractivity contribution in [3.05, 3.63) is 35.0 Å². The maximum atomic E-state index is 14.1. The lowest BCUT2D eigenvalue weighted by molar-refractivity contribution is -0.129. The molecule has 4 rings (SSSR count). The molecule has 2 N–H and O–H groups in total. The summed E-state index contributed by atoms with van der Waals surface area (Å²) in [4.78, 5) is 26.6. The van der Waals surface area contributed by atoms with Crippen LogP contribution in [0.15, 0.2) is 18.3 Å². The zero-order valence-corrected chi connectivity index (χ0v) is 17.2. The Balaban J connectivity index is 1.57. The number of anilines is 3. The number of aromatic nitrogens is 4. The minimum Gasteiger partial charge on any atom is -0.350 e. The lowest BCUT2D eigenvalue weighted by Gasteiger charge is -2.32. The zero-order chi connectivity index (χ0) is 21.4. The molecule has 0 aliphatic carbocycles. The van der Waals surface area contributed by atoms with Crippen molar-refractivity contribution in [2.45, 2.75) is 25.8 Å². The molecule has 158 valence electrons. The predicted molar refractivity (Wildman–Crippen MR) is 110 cm³/mol. The third-order valence-electron chi connectivity index (χ3n) is 5.06. The van der Waals surface area contributed by atoms with E-state index in [0.717, 1.165) is 31.5 Å². The van der Waals surface area contributed by atoms with E-state index in [1.165, 1.54) is 0 Å². The van der Waals surface area contributed by atoms with Gasteiger partial charge in [-0.05, 0) is 18.9 Å². The normalized spacial score (nSPS) is 16.7. The molecule has 1 aromatic carbocycles. The fourth-order valence-corrected chi connectivity index (χ4v) is 3.74. The number of hydrogen-bond acceptors (Lipinski definition) is 6. The fraction of sp³-hybridized carbons (Fsp3) is 0.368. The summed E-state index contributed by atoms with van der Waals surface area (Å²) in [5.74, 6) is -0.844. The van der Waals surface area contributed by atoms with Crippen LogP contribution in [-0.2, 0) is 11.8 Å². The number of likely N-dealkylation sites (tertiary alicyclic amines) is 1. The van der Waals surface area contributed by atoms with Crippen LogP contribution in [0.1, 0.15) is 19.8 Å². The monoisotopic (exact) mass is 435 g/mol. The van der Waals surface area contributed by atoms with Crippen LogP contribution in [0.4, 0.5) is 26.4 Å².